The Kier molecular flexibility index (Phi) is 3.03. The van der Waals surface area contributed by atoms with E-state index >= 15 is 0 Å². The first-order valence-electron chi connectivity index (χ1n) is 4.69. The van der Waals surface area contributed by atoms with Crippen molar-refractivity contribution < 1.29 is 21.6 Å². The minimum Gasteiger partial charge on any atom is -0.280 e. The highest BCUT2D eigenvalue weighted by atomic mass is 32.2. The molecule has 2 nitrogen and oxygen atoms in total. The number of halogens is 3. The van der Waals surface area contributed by atoms with Crippen LogP contribution in [0.5, 0.6) is 0 Å². The molecule has 16 heavy (non-hydrogen) atoms. The van der Waals surface area contributed by atoms with Crippen molar-refractivity contribution in [2.45, 2.75) is 24.5 Å². The third-order valence-corrected chi connectivity index (χ3v) is 3.25. The molecule has 88 valence electrons. The van der Waals surface area contributed by atoms with E-state index in [0.29, 0.717) is 12.8 Å². The van der Waals surface area contributed by atoms with Crippen molar-refractivity contribution in [1.29, 1.82) is 0 Å². The largest absolute Gasteiger partial charge is 0.497 e. The highest BCUT2D eigenvalue weighted by molar-refractivity contribution is 7.81. The molecule has 6 heteroatoms. The summed E-state index contributed by atoms with van der Waals surface area (Å²) in [5.74, 6) is 0. The van der Waals surface area contributed by atoms with Crippen LogP contribution in [-0.2, 0) is 28.1 Å². The first kappa shape index (κ1) is 11.6. The zero-order chi connectivity index (χ0) is 11.8. The van der Waals surface area contributed by atoms with Crippen LogP contribution in [0.1, 0.15) is 11.1 Å². The van der Waals surface area contributed by atoms with Crippen molar-refractivity contribution in [2.24, 2.45) is 0 Å². The van der Waals surface area contributed by atoms with Crippen molar-refractivity contribution in [3.05, 3.63) is 35.4 Å². The van der Waals surface area contributed by atoms with Crippen LogP contribution in [0.15, 0.2) is 24.3 Å². The SMILES string of the molecule is O=S(OC1Cc2ccccc2C1)C(F)(F)F. The fourth-order valence-corrected chi connectivity index (χ4v) is 2.26. The van der Waals surface area contributed by atoms with Gasteiger partial charge in [-0.15, -0.1) is 0 Å². The molecule has 0 fully saturated rings. The third-order valence-electron chi connectivity index (χ3n) is 2.43. The summed E-state index contributed by atoms with van der Waals surface area (Å²) < 4.78 is 51.3. The van der Waals surface area contributed by atoms with Gasteiger partial charge in [0, 0.05) is 12.8 Å². The quantitative estimate of drug-likeness (QED) is 0.805. The molecule has 0 spiro atoms. The number of hydrogen-bond donors (Lipinski definition) is 0. The summed E-state index contributed by atoms with van der Waals surface area (Å²) >= 11 is -3.22. The first-order valence-corrected chi connectivity index (χ1v) is 5.77. The molecule has 1 unspecified atom stereocenters. The topological polar surface area (TPSA) is 26.3 Å². The minimum atomic E-state index is -4.80. The maximum absolute atomic E-state index is 12.0. The van der Waals surface area contributed by atoms with Gasteiger partial charge in [0.05, 0.1) is 6.10 Å². The predicted octanol–water partition coefficient (Wildman–Crippen LogP) is 2.35. The molecule has 0 saturated carbocycles. The molecule has 0 bridgehead atoms. The molecule has 1 aromatic carbocycles. The normalized spacial score (nSPS) is 18.4. The van der Waals surface area contributed by atoms with E-state index in [2.05, 4.69) is 4.18 Å². The van der Waals surface area contributed by atoms with E-state index in [1.54, 1.807) is 0 Å². The van der Waals surface area contributed by atoms with Gasteiger partial charge >= 0.3 is 5.51 Å². The Morgan fingerprint density at radius 1 is 1.19 bits per heavy atom. The molecule has 1 aliphatic rings. The molecule has 0 radical (unpaired) electrons. The van der Waals surface area contributed by atoms with Crippen molar-refractivity contribution >= 4 is 11.1 Å². The summed E-state index contributed by atoms with van der Waals surface area (Å²) in [6, 6.07) is 7.33. The average Bonchev–Trinajstić information content (AvgIpc) is 2.58. The van der Waals surface area contributed by atoms with E-state index < -0.39 is 22.7 Å². The van der Waals surface area contributed by atoms with Gasteiger partial charge in [-0.1, -0.05) is 24.3 Å². The molecular weight excluding hydrogens is 241 g/mol. The zero-order valence-electron chi connectivity index (χ0n) is 8.16. The highest BCUT2D eigenvalue weighted by Gasteiger charge is 2.40. The molecule has 1 aromatic rings. The maximum Gasteiger partial charge on any atom is 0.497 e. The number of fused-ring (bicyclic) bond motifs is 1. The van der Waals surface area contributed by atoms with E-state index in [4.69, 9.17) is 0 Å². The van der Waals surface area contributed by atoms with Crippen molar-refractivity contribution in [1.82, 2.24) is 0 Å². The van der Waals surface area contributed by atoms with Gasteiger partial charge in [0.15, 0.2) is 0 Å². The summed E-state index contributed by atoms with van der Waals surface area (Å²) in [5.41, 5.74) is -2.87. The smallest absolute Gasteiger partial charge is 0.280 e. The van der Waals surface area contributed by atoms with Crippen LogP contribution in [0.2, 0.25) is 0 Å². The lowest BCUT2D eigenvalue weighted by molar-refractivity contribution is -0.0496. The second-order valence-electron chi connectivity index (χ2n) is 3.58. The van der Waals surface area contributed by atoms with Gasteiger partial charge in [-0.05, 0) is 11.1 Å². The Morgan fingerprint density at radius 2 is 1.69 bits per heavy atom. The van der Waals surface area contributed by atoms with Crippen LogP contribution in [-0.4, -0.2) is 15.8 Å². The standard InChI is InChI=1S/C10H9F3O2S/c11-10(12,13)16(14)15-9-5-7-3-1-2-4-8(7)6-9/h1-4,9H,5-6H2. The lowest BCUT2D eigenvalue weighted by atomic mass is 10.1. The van der Waals surface area contributed by atoms with Gasteiger partial charge in [-0.2, -0.15) is 13.2 Å². The second kappa shape index (κ2) is 4.18. The highest BCUT2D eigenvalue weighted by Crippen LogP contribution is 2.28. The number of hydrogen-bond acceptors (Lipinski definition) is 2. The van der Waals surface area contributed by atoms with Crippen LogP contribution < -0.4 is 0 Å². The number of alkyl halides is 3. The summed E-state index contributed by atoms with van der Waals surface area (Å²) in [7, 11) is 0. The van der Waals surface area contributed by atoms with Gasteiger partial charge in [0.1, 0.15) is 0 Å². The van der Waals surface area contributed by atoms with Crippen molar-refractivity contribution in [3.63, 3.8) is 0 Å². The van der Waals surface area contributed by atoms with Crippen LogP contribution in [0.4, 0.5) is 13.2 Å². The first-order chi connectivity index (χ1) is 7.47. The Hall–Kier alpha value is -0.880. The summed E-state index contributed by atoms with van der Waals surface area (Å²) in [5, 5.41) is 0. The van der Waals surface area contributed by atoms with Gasteiger partial charge in [0.25, 0.3) is 11.1 Å². The Bertz CT molecular complexity index is 392. The molecule has 0 aliphatic heterocycles. The third kappa shape index (κ3) is 2.44. The van der Waals surface area contributed by atoms with Crippen molar-refractivity contribution in [2.75, 3.05) is 0 Å². The van der Waals surface area contributed by atoms with Gasteiger partial charge in [-0.3, -0.25) is 4.18 Å². The second-order valence-corrected chi connectivity index (χ2v) is 4.70. The molecule has 0 aromatic heterocycles. The minimum absolute atomic E-state index is 0.387. The monoisotopic (exact) mass is 250 g/mol. The van der Waals surface area contributed by atoms with E-state index in [1.807, 2.05) is 24.3 Å². The molecule has 1 atom stereocenters. The van der Waals surface area contributed by atoms with Crippen LogP contribution in [0.25, 0.3) is 0 Å². The van der Waals surface area contributed by atoms with Gasteiger partial charge in [-0.25, -0.2) is 4.21 Å². The van der Waals surface area contributed by atoms with Crippen LogP contribution >= 0.6 is 0 Å². The number of benzene rings is 1. The zero-order valence-corrected chi connectivity index (χ0v) is 8.98. The predicted molar refractivity (Wildman–Crippen MR) is 52.9 cm³/mol. The Balaban J connectivity index is 2.00. The van der Waals surface area contributed by atoms with E-state index in [0.717, 1.165) is 11.1 Å². The van der Waals surface area contributed by atoms with Crippen LogP contribution in [0, 0.1) is 0 Å². The van der Waals surface area contributed by atoms with Gasteiger partial charge in [0.2, 0.25) is 0 Å². The molecular formula is C10H9F3O2S. The van der Waals surface area contributed by atoms with E-state index in [1.165, 1.54) is 0 Å². The number of rotatable bonds is 2. The lowest BCUT2D eigenvalue weighted by Gasteiger charge is -2.11. The molecule has 0 heterocycles. The molecule has 1 aliphatic carbocycles. The maximum atomic E-state index is 12.0. The molecule has 0 saturated heterocycles. The summed E-state index contributed by atoms with van der Waals surface area (Å²) in [6.45, 7) is 0. The lowest BCUT2D eigenvalue weighted by Crippen LogP contribution is -2.24. The Morgan fingerprint density at radius 3 is 2.12 bits per heavy atom. The summed E-state index contributed by atoms with van der Waals surface area (Å²) in [6.07, 6.45) is 0.135. The van der Waals surface area contributed by atoms with Gasteiger partial charge < -0.3 is 0 Å². The fourth-order valence-electron chi connectivity index (χ4n) is 1.76. The fraction of sp³-hybridized carbons (Fsp3) is 0.400. The van der Waals surface area contributed by atoms with Crippen LogP contribution in [0.3, 0.4) is 0 Å². The average molecular weight is 250 g/mol. The van der Waals surface area contributed by atoms with E-state index in [-0.39, 0.29) is 0 Å². The van der Waals surface area contributed by atoms with Crippen molar-refractivity contribution in [3.8, 4) is 0 Å². The summed E-state index contributed by atoms with van der Waals surface area (Å²) in [4.78, 5) is 0. The molecule has 0 amide bonds. The van der Waals surface area contributed by atoms with E-state index in [9.17, 15) is 17.4 Å². The molecule has 2 rings (SSSR count). The Labute approximate surface area is 93.1 Å². The molecule has 0 N–H and O–H groups in total.